The second kappa shape index (κ2) is 6.69. The first-order valence-electron chi connectivity index (χ1n) is 8.52. The third kappa shape index (κ3) is 3.42. The molecule has 0 bridgehead atoms. The Morgan fingerprint density at radius 3 is 2.84 bits per heavy atom. The summed E-state index contributed by atoms with van der Waals surface area (Å²) in [7, 11) is 0. The van der Waals surface area contributed by atoms with Gasteiger partial charge in [0, 0.05) is 43.0 Å². The minimum atomic E-state index is -0.237. The number of carbonyl (C=O) groups excluding carboxylic acids is 1. The van der Waals surface area contributed by atoms with Crippen molar-refractivity contribution in [3.8, 4) is 0 Å². The lowest BCUT2D eigenvalue weighted by molar-refractivity contribution is -0.117. The molecule has 4 nitrogen and oxygen atoms in total. The summed E-state index contributed by atoms with van der Waals surface area (Å²) in [5, 5.41) is 4.41. The Balaban J connectivity index is 1.33. The summed E-state index contributed by atoms with van der Waals surface area (Å²) in [5.74, 6) is 0.243. The second-order valence-corrected chi connectivity index (χ2v) is 6.57. The first-order chi connectivity index (χ1) is 12.2. The predicted molar refractivity (Wildman–Crippen MR) is 96.9 cm³/mol. The lowest BCUT2D eigenvalue weighted by atomic mass is 10.1. The van der Waals surface area contributed by atoms with Crippen LogP contribution in [0.5, 0.6) is 0 Å². The van der Waals surface area contributed by atoms with Gasteiger partial charge in [-0.3, -0.25) is 4.79 Å². The third-order valence-corrected chi connectivity index (χ3v) is 4.66. The van der Waals surface area contributed by atoms with Crippen LogP contribution >= 0.6 is 0 Å². The molecule has 1 saturated heterocycles. The Morgan fingerprint density at radius 1 is 1.16 bits per heavy atom. The van der Waals surface area contributed by atoms with Crippen LogP contribution in [0.3, 0.4) is 0 Å². The van der Waals surface area contributed by atoms with Gasteiger partial charge in [0.25, 0.3) is 0 Å². The number of fused-ring (bicyclic) bond motifs is 1. The van der Waals surface area contributed by atoms with Crippen molar-refractivity contribution in [1.82, 2.24) is 10.3 Å². The fraction of sp³-hybridized carbons (Fsp3) is 0.250. The van der Waals surface area contributed by atoms with E-state index in [9.17, 15) is 9.18 Å². The number of aromatic nitrogens is 1. The molecule has 25 heavy (non-hydrogen) atoms. The van der Waals surface area contributed by atoms with E-state index < -0.39 is 0 Å². The number of hydrogen-bond acceptors (Lipinski definition) is 2. The highest BCUT2D eigenvalue weighted by molar-refractivity contribution is 5.95. The van der Waals surface area contributed by atoms with Gasteiger partial charge in [0.15, 0.2) is 0 Å². The fourth-order valence-electron chi connectivity index (χ4n) is 3.44. The van der Waals surface area contributed by atoms with Gasteiger partial charge in [0.1, 0.15) is 5.82 Å². The molecule has 3 aromatic rings. The highest BCUT2D eigenvalue weighted by Crippen LogP contribution is 2.24. The molecule has 2 heterocycles. The standard InChI is InChI=1S/C20H20FN3O/c21-16-7-6-15-9-17(23-19(15)10-16)12-22-11-14-8-20(25)24(13-14)18-4-2-1-3-5-18/h1-7,9-10,14,22-23H,8,11-13H2. The molecule has 1 aromatic heterocycles. The zero-order chi connectivity index (χ0) is 17.2. The van der Waals surface area contributed by atoms with E-state index >= 15 is 0 Å². The Hall–Kier alpha value is -2.66. The molecule has 0 spiro atoms. The van der Waals surface area contributed by atoms with Crippen molar-refractivity contribution in [2.45, 2.75) is 13.0 Å². The van der Waals surface area contributed by atoms with Crippen LogP contribution in [0, 0.1) is 11.7 Å². The van der Waals surface area contributed by atoms with Crippen molar-refractivity contribution in [2.24, 2.45) is 5.92 Å². The second-order valence-electron chi connectivity index (χ2n) is 6.57. The smallest absolute Gasteiger partial charge is 0.227 e. The van der Waals surface area contributed by atoms with Crippen LogP contribution < -0.4 is 10.2 Å². The molecule has 1 amide bonds. The number of carbonyl (C=O) groups is 1. The number of para-hydroxylation sites is 1. The lowest BCUT2D eigenvalue weighted by Crippen LogP contribution is -2.27. The molecular formula is C20H20FN3O. The summed E-state index contributed by atoms with van der Waals surface area (Å²) in [6, 6.07) is 16.6. The molecule has 2 aromatic carbocycles. The van der Waals surface area contributed by atoms with Gasteiger partial charge in [-0.25, -0.2) is 4.39 Å². The molecule has 1 fully saturated rings. The number of H-pyrrole nitrogens is 1. The number of nitrogens with one attached hydrogen (secondary N) is 2. The molecule has 1 atom stereocenters. The molecule has 0 saturated carbocycles. The zero-order valence-electron chi connectivity index (χ0n) is 13.8. The third-order valence-electron chi connectivity index (χ3n) is 4.66. The summed E-state index contributed by atoms with van der Waals surface area (Å²) in [4.78, 5) is 17.3. The number of benzene rings is 2. The minimum absolute atomic E-state index is 0.180. The Kier molecular flexibility index (Phi) is 4.24. The summed E-state index contributed by atoms with van der Waals surface area (Å²) >= 11 is 0. The van der Waals surface area contributed by atoms with E-state index in [1.54, 1.807) is 6.07 Å². The summed E-state index contributed by atoms with van der Waals surface area (Å²) < 4.78 is 13.2. The normalized spacial score (nSPS) is 17.6. The molecule has 1 aliphatic heterocycles. The summed E-state index contributed by atoms with van der Waals surface area (Å²) in [5.41, 5.74) is 2.79. The maximum Gasteiger partial charge on any atom is 0.227 e. The van der Waals surface area contributed by atoms with E-state index in [2.05, 4.69) is 10.3 Å². The first kappa shape index (κ1) is 15.8. The van der Waals surface area contributed by atoms with E-state index in [-0.39, 0.29) is 11.7 Å². The topological polar surface area (TPSA) is 48.1 Å². The number of halogens is 1. The van der Waals surface area contributed by atoms with Gasteiger partial charge in [0.05, 0.1) is 0 Å². The first-order valence-corrected chi connectivity index (χ1v) is 8.52. The lowest BCUT2D eigenvalue weighted by Gasteiger charge is -2.16. The molecule has 0 radical (unpaired) electrons. The highest BCUT2D eigenvalue weighted by atomic mass is 19.1. The average Bonchev–Trinajstić information content (AvgIpc) is 3.18. The minimum Gasteiger partial charge on any atom is -0.357 e. The van der Waals surface area contributed by atoms with E-state index in [0.29, 0.717) is 18.9 Å². The molecule has 2 N–H and O–H groups in total. The van der Waals surface area contributed by atoms with Gasteiger partial charge in [0.2, 0.25) is 5.91 Å². The van der Waals surface area contributed by atoms with Gasteiger partial charge in [-0.15, -0.1) is 0 Å². The molecular weight excluding hydrogens is 317 g/mol. The van der Waals surface area contributed by atoms with Crippen LogP contribution in [-0.2, 0) is 11.3 Å². The van der Waals surface area contributed by atoms with E-state index in [1.165, 1.54) is 12.1 Å². The summed E-state index contributed by atoms with van der Waals surface area (Å²) in [6.45, 7) is 2.19. The van der Waals surface area contributed by atoms with Crippen LogP contribution in [0.25, 0.3) is 10.9 Å². The largest absolute Gasteiger partial charge is 0.357 e. The van der Waals surface area contributed by atoms with Crippen LogP contribution in [0.1, 0.15) is 12.1 Å². The quantitative estimate of drug-likeness (QED) is 0.749. The van der Waals surface area contributed by atoms with E-state index in [0.717, 1.165) is 35.4 Å². The van der Waals surface area contributed by atoms with Crippen LogP contribution in [-0.4, -0.2) is 24.0 Å². The van der Waals surface area contributed by atoms with Gasteiger partial charge in [-0.05, 0) is 47.7 Å². The number of amides is 1. The Bertz CT molecular complexity index is 890. The number of nitrogens with zero attached hydrogens (tertiary/aromatic N) is 1. The van der Waals surface area contributed by atoms with Crippen molar-refractivity contribution in [3.05, 3.63) is 66.1 Å². The van der Waals surface area contributed by atoms with Crippen molar-refractivity contribution in [1.29, 1.82) is 0 Å². The van der Waals surface area contributed by atoms with Crippen molar-refractivity contribution in [2.75, 3.05) is 18.0 Å². The van der Waals surface area contributed by atoms with Crippen LogP contribution in [0.2, 0.25) is 0 Å². The average molecular weight is 337 g/mol. The van der Waals surface area contributed by atoms with Gasteiger partial charge < -0.3 is 15.2 Å². The monoisotopic (exact) mass is 337 g/mol. The van der Waals surface area contributed by atoms with Gasteiger partial charge in [-0.1, -0.05) is 18.2 Å². The molecule has 0 aliphatic carbocycles. The highest BCUT2D eigenvalue weighted by Gasteiger charge is 2.30. The van der Waals surface area contributed by atoms with Crippen molar-refractivity contribution in [3.63, 3.8) is 0 Å². The van der Waals surface area contributed by atoms with Crippen LogP contribution in [0.15, 0.2) is 54.6 Å². The number of aromatic amines is 1. The van der Waals surface area contributed by atoms with Crippen LogP contribution in [0.4, 0.5) is 10.1 Å². The SMILES string of the molecule is O=C1CC(CNCc2cc3ccc(F)cc3[nH]2)CN1c1ccccc1. The fourth-order valence-corrected chi connectivity index (χ4v) is 3.44. The van der Waals surface area contributed by atoms with Crippen molar-refractivity contribution < 1.29 is 9.18 Å². The number of rotatable bonds is 5. The predicted octanol–water partition coefficient (Wildman–Crippen LogP) is 3.45. The maximum absolute atomic E-state index is 13.2. The van der Waals surface area contributed by atoms with E-state index in [4.69, 9.17) is 0 Å². The van der Waals surface area contributed by atoms with Gasteiger partial charge in [-0.2, -0.15) is 0 Å². The molecule has 1 aliphatic rings. The molecule has 5 heteroatoms. The van der Waals surface area contributed by atoms with Gasteiger partial charge >= 0.3 is 0 Å². The maximum atomic E-state index is 13.2. The summed E-state index contributed by atoms with van der Waals surface area (Å²) in [6.07, 6.45) is 0.569. The molecule has 4 rings (SSSR count). The Morgan fingerprint density at radius 2 is 2.00 bits per heavy atom. The number of anilines is 1. The number of hydrogen-bond donors (Lipinski definition) is 2. The molecule has 1 unspecified atom stereocenters. The molecule has 128 valence electrons. The zero-order valence-corrected chi connectivity index (χ0v) is 13.8. The van der Waals surface area contributed by atoms with E-state index in [1.807, 2.05) is 41.3 Å². The Labute approximate surface area is 145 Å². The van der Waals surface area contributed by atoms with Crippen molar-refractivity contribution >= 4 is 22.5 Å².